The van der Waals surface area contributed by atoms with Crippen LogP contribution in [0.3, 0.4) is 0 Å². The predicted molar refractivity (Wildman–Crippen MR) is 3.43 cm³/mol. The maximum atomic E-state index is 0. The van der Waals surface area contributed by atoms with Crippen molar-refractivity contribution in [1.29, 1.82) is 0 Å². The Morgan fingerprint density at radius 1 is 0.333 bits per heavy atom. The summed E-state index contributed by atoms with van der Waals surface area (Å²) in [5.41, 5.74) is 0. The molecule has 0 fully saturated rings. The number of rotatable bonds is 0. The van der Waals surface area contributed by atoms with E-state index >= 15 is 0 Å². The molecule has 0 aliphatic heterocycles. The maximum Gasteiger partial charge on any atom is 3.00 e. The van der Waals surface area contributed by atoms with Crippen molar-refractivity contribution in [1.82, 2.24) is 0 Å². The van der Waals surface area contributed by atoms with Gasteiger partial charge >= 0.3 is 113 Å². The molecule has 0 bridgehead atoms. The first-order valence-corrected chi connectivity index (χ1v) is 0. The molecule has 0 saturated carbocycles. The fourth-order valence-corrected chi connectivity index (χ4v) is 0. The van der Waals surface area contributed by atoms with Crippen LogP contribution in [0.1, 0.15) is 0 Å². The Bertz CT molecular complexity index is 12.9. The normalized spacial score (nSPS) is 0. The van der Waals surface area contributed by atoms with Crippen molar-refractivity contribution in [3.63, 3.8) is 0 Å². The van der Waals surface area contributed by atoms with E-state index in [9.17, 15) is 0 Å². The van der Waals surface area contributed by atoms with Gasteiger partial charge in [0.15, 0.2) is 0 Å². The quantitative estimate of drug-likeness (QED) is 0.383. The van der Waals surface area contributed by atoms with Gasteiger partial charge in [-0.25, -0.2) is 0 Å². The summed E-state index contributed by atoms with van der Waals surface area (Å²) >= 11 is 0. The SMILES string of the molecule is [Gd+3].[Gd+3].[Ni+2].[Ni+2].[O-2].[O-2].[O-2].[O-2].[O-2]. The molecule has 9 heavy (non-hydrogen) atoms. The second-order valence-corrected chi connectivity index (χ2v) is 0. The minimum atomic E-state index is 0. The second kappa shape index (κ2) is 105. The van der Waals surface area contributed by atoms with Gasteiger partial charge in [-0.05, 0) is 0 Å². The topological polar surface area (TPSA) is 142 Å². The van der Waals surface area contributed by atoms with Crippen molar-refractivity contribution in [2.75, 3.05) is 0 Å². The molecular weight excluding hydrogens is 512 g/mol. The minimum Gasteiger partial charge on any atom is -2.00 e. The fraction of sp³-hybridized carbons (Fsp3) is 0. The van der Waals surface area contributed by atoms with Crippen molar-refractivity contribution in [3.8, 4) is 0 Å². The zero-order chi connectivity index (χ0) is 0. The van der Waals surface area contributed by atoms with E-state index in [1.807, 2.05) is 0 Å². The molecule has 0 rings (SSSR count). The second-order valence-electron chi connectivity index (χ2n) is 0. The first-order valence-electron chi connectivity index (χ1n) is 0. The van der Waals surface area contributed by atoms with Gasteiger partial charge in [-0.1, -0.05) is 0 Å². The van der Waals surface area contributed by atoms with Gasteiger partial charge in [0, 0.05) is 0 Å². The molecule has 66 valence electrons. The third-order valence-electron chi connectivity index (χ3n) is 0. The van der Waals surface area contributed by atoms with Gasteiger partial charge in [0.05, 0.1) is 0 Å². The Kier molecular flexibility index (Phi) is 1610. The van der Waals surface area contributed by atoms with E-state index in [4.69, 9.17) is 0 Å². The molecule has 2 radical (unpaired) electrons. The third kappa shape index (κ3) is 86.2. The molecule has 0 atom stereocenters. The van der Waals surface area contributed by atoms with Crippen molar-refractivity contribution >= 4 is 0 Å². The third-order valence-corrected chi connectivity index (χ3v) is 0. The molecule has 0 heterocycles. The number of hydrogen-bond donors (Lipinski definition) is 0. The van der Waals surface area contributed by atoms with Crippen molar-refractivity contribution in [2.24, 2.45) is 0 Å². The van der Waals surface area contributed by atoms with Gasteiger partial charge in [-0.3, -0.25) is 0 Å². The Morgan fingerprint density at radius 3 is 0.333 bits per heavy atom. The van der Waals surface area contributed by atoms with Crippen LogP contribution >= 0.6 is 0 Å². The summed E-state index contributed by atoms with van der Waals surface area (Å²) < 4.78 is 0. The van der Waals surface area contributed by atoms with Crippen LogP contribution in [-0.2, 0) is 60.4 Å². The average Bonchev–Trinajstić information content (AvgIpc) is 0. The summed E-state index contributed by atoms with van der Waals surface area (Å²) in [5.74, 6) is 0. The Balaban J connectivity index is 0. The smallest absolute Gasteiger partial charge is 2.00 e. The van der Waals surface area contributed by atoms with Gasteiger partial charge < -0.3 is 27.4 Å². The molecule has 0 aliphatic rings. The van der Waals surface area contributed by atoms with Gasteiger partial charge in [-0.2, -0.15) is 0 Å². The number of hydrogen-bond acceptors (Lipinski definition) is 0. The molecule has 0 amide bonds. The van der Waals surface area contributed by atoms with E-state index in [2.05, 4.69) is 0 Å². The molecule has 0 aromatic rings. The van der Waals surface area contributed by atoms with Crippen LogP contribution in [0.4, 0.5) is 0 Å². The summed E-state index contributed by atoms with van der Waals surface area (Å²) in [6.45, 7) is 0. The minimum absolute atomic E-state index is 0. The zero-order valence-electron chi connectivity index (χ0n) is 3.38. The van der Waals surface area contributed by atoms with Crippen molar-refractivity contribution < 1.29 is 140 Å². The first-order chi connectivity index (χ1) is 0. The molecular formula is Gd2Ni2O5. The summed E-state index contributed by atoms with van der Waals surface area (Å²) in [6.07, 6.45) is 0. The molecule has 5 nitrogen and oxygen atoms in total. The maximum absolute atomic E-state index is 0. The van der Waals surface area contributed by atoms with E-state index in [1.54, 1.807) is 0 Å². The van der Waals surface area contributed by atoms with E-state index < -0.39 is 0 Å². The van der Waals surface area contributed by atoms with Gasteiger partial charge in [0.25, 0.3) is 0 Å². The monoisotopic (exact) mass is 512 g/mol. The Hall–Kier alpha value is 3.44. The van der Waals surface area contributed by atoms with E-state index in [0.29, 0.717) is 0 Å². The Morgan fingerprint density at radius 2 is 0.333 bits per heavy atom. The molecule has 0 aromatic carbocycles. The van der Waals surface area contributed by atoms with Gasteiger partial charge in [0.1, 0.15) is 0 Å². The van der Waals surface area contributed by atoms with E-state index in [0.717, 1.165) is 0 Å². The molecule has 0 saturated heterocycles. The Labute approximate surface area is 137 Å². The van der Waals surface area contributed by atoms with Crippen LogP contribution in [0.25, 0.3) is 0 Å². The van der Waals surface area contributed by atoms with E-state index in [-0.39, 0.29) is 140 Å². The van der Waals surface area contributed by atoms with Crippen LogP contribution in [0.5, 0.6) is 0 Å². The van der Waals surface area contributed by atoms with Crippen LogP contribution < -0.4 is 0 Å². The molecule has 0 N–H and O–H groups in total. The van der Waals surface area contributed by atoms with Crippen LogP contribution in [0.15, 0.2) is 0 Å². The van der Waals surface area contributed by atoms with Crippen LogP contribution in [-0.4, -0.2) is 0 Å². The van der Waals surface area contributed by atoms with E-state index in [1.165, 1.54) is 0 Å². The molecule has 0 unspecified atom stereocenters. The average molecular weight is 512 g/mol. The van der Waals surface area contributed by atoms with Crippen molar-refractivity contribution in [3.05, 3.63) is 0 Å². The largest absolute Gasteiger partial charge is 3.00 e. The fourth-order valence-electron chi connectivity index (χ4n) is 0. The predicted octanol–water partition coefficient (Wildman–Crippen LogP) is -0.599. The zero-order valence-corrected chi connectivity index (χ0v) is 9.89. The van der Waals surface area contributed by atoms with Gasteiger partial charge in [0.2, 0.25) is 0 Å². The summed E-state index contributed by atoms with van der Waals surface area (Å²) in [5, 5.41) is 0. The summed E-state index contributed by atoms with van der Waals surface area (Å²) in [6, 6.07) is 0. The summed E-state index contributed by atoms with van der Waals surface area (Å²) in [4.78, 5) is 0. The first kappa shape index (κ1) is 138. The van der Waals surface area contributed by atoms with Crippen molar-refractivity contribution in [2.45, 2.75) is 0 Å². The molecule has 9 heteroatoms. The molecule has 0 aromatic heterocycles. The standard InChI is InChI=1S/2Gd.2Ni.5O/q2*+3;2*+2;5*-2. The van der Waals surface area contributed by atoms with Crippen LogP contribution in [0.2, 0.25) is 0 Å². The molecule has 0 aliphatic carbocycles. The van der Waals surface area contributed by atoms with Gasteiger partial charge in [-0.15, -0.1) is 0 Å². The summed E-state index contributed by atoms with van der Waals surface area (Å²) in [7, 11) is 0. The molecule has 0 spiro atoms. The van der Waals surface area contributed by atoms with Crippen LogP contribution in [0, 0.1) is 79.9 Å².